The van der Waals surface area contributed by atoms with E-state index in [-0.39, 0.29) is 5.97 Å². The number of carbonyl (C=O) groups excluding carboxylic acids is 1. The fourth-order valence-electron chi connectivity index (χ4n) is 2.71. The van der Waals surface area contributed by atoms with E-state index in [1.807, 2.05) is 55.5 Å². The Bertz CT molecular complexity index is 609. The molecule has 1 heterocycles. The first-order valence-corrected chi connectivity index (χ1v) is 7.20. The van der Waals surface area contributed by atoms with E-state index < -0.39 is 11.7 Å². The van der Waals surface area contributed by atoms with E-state index in [1.165, 1.54) is 0 Å². The maximum absolute atomic E-state index is 12.0. The van der Waals surface area contributed by atoms with Crippen molar-refractivity contribution in [1.82, 2.24) is 0 Å². The summed E-state index contributed by atoms with van der Waals surface area (Å²) in [6.45, 7) is 2.18. The second-order valence-corrected chi connectivity index (χ2v) is 5.17. The van der Waals surface area contributed by atoms with Gasteiger partial charge in [-0.05, 0) is 18.1 Å². The zero-order chi connectivity index (χ0) is 14.7. The summed E-state index contributed by atoms with van der Waals surface area (Å²) in [6, 6.07) is 20.0. The average Bonchev–Trinajstić information content (AvgIpc) is 3.25. The van der Waals surface area contributed by atoms with Crippen LogP contribution in [0, 0.1) is 0 Å². The molecule has 1 aliphatic heterocycles. The van der Waals surface area contributed by atoms with E-state index in [0.29, 0.717) is 13.0 Å². The second kappa shape index (κ2) is 5.70. The van der Waals surface area contributed by atoms with Gasteiger partial charge >= 0.3 is 5.97 Å². The second-order valence-electron chi connectivity index (χ2n) is 5.17. The molecule has 1 aliphatic rings. The minimum atomic E-state index is -0.588. The molecule has 21 heavy (non-hydrogen) atoms. The summed E-state index contributed by atoms with van der Waals surface area (Å²) in [5.41, 5.74) is 1.58. The summed E-state index contributed by atoms with van der Waals surface area (Å²) >= 11 is 0. The summed E-state index contributed by atoms with van der Waals surface area (Å²) in [7, 11) is 0. The first kappa shape index (κ1) is 13.8. The average molecular weight is 282 g/mol. The van der Waals surface area contributed by atoms with E-state index >= 15 is 0 Å². The summed E-state index contributed by atoms with van der Waals surface area (Å²) in [5.74, 6) is -0.280. The Kier molecular flexibility index (Phi) is 3.76. The minimum Gasteiger partial charge on any atom is -0.464 e. The van der Waals surface area contributed by atoms with Crippen molar-refractivity contribution in [3.8, 4) is 0 Å². The molecular weight excluding hydrogens is 264 g/mol. The number of esters is 1. The summed E-state index contributed by atoms with van der Waals surface area (Å²) in [5, 5.41) is 0. The van der Waals surface area contributed by atoms with Crippen LogP contribution >= 0.6 is 0 Å². The maximum atomic E-state index is 12.0. The van der Waals surface area contributed by atoms with Gasteiger partial charge in [0.15, 0.2) is 6.10 Å². The Morgan fingerprint density at radius 3 is 2.33 bits per heavy atom. The van der Waals surface area contributed by atoms with E-state index in [0.717, 1.165) is 11.1 Å². The van der Waals surface area contributed by atoms with Crippen LogP contribution in [-0.2, 0) is 26.3 Å². The van der Waals surface area contributed by atoms with Gasteiger partial charge in [0, 0.05) is 6.42 Å². The zero-order valence-corrected chi connectivity index (χ0v) is 12.0. The molecule has 0 bridgehead atoms. The molecule has 2 aromatic rings. The van der Waals surface area contributed by atoms with E-state index in [9.17, 15) is 4.79 Å². The molecular formula is C18H18O3. The van der Waals surface area contributed by atoms with Crippen molar-refractivity contribution in [1.29, 1.82) is 0 Å². The van der Waals surface area contributed by atoms with E-state index in [1.54, 1.807) is 0 Å². The van der Waals surface area contributed by atoms with Gasteiger partial charge in [-0.3, -0.25) is 0 Å². The van der Waals surface area contributed by atoms with Crippen molar-refractivity contribution in [2.45, 2.75) is 25.0 Å². The molecule has 0 amide bonds. The molecule has 3 heteroatoms. The van der Waals surface area contributed by atoms with E-state index in [4.69, 9.17) is 9.47 Å². The third-order valence-corrected chi connectivity index (χ3v) is 3.77. The molecule has 108 valence electrons. The number of carbonyl (C=O) groups is 1. The molecule has 1 saturated heterocycles. The number of benzene rings is 2. The van der Waals surface area contributed by atoms with Gasteiger partial charge < -0.3 is 9.47 Å². The first-order valence-electron chi connectivity index (χ1n) is 7.20. The van der Waals surface area contributed by atoms with Crippen LogP contribution in [0.25, 0.3) is 0 Å². The van der Waals surface area contributed by atoms with Crippen LogP contribution in [0.15, 0.2) is 60.7 Å². The normalized spacial score (nSPS) is 23.6. The first-order chi connectivity index (χ1) is 10.3. The largest absolute Gasteiger partial charge is 0.464 e. The minimum absolute atomic E-state index is 0.280. The van der Waals surface area contributed by atoms with Crippen LogP contribution in [-0.4, -0.2) is 18.7 Å². The van der Waals surface area contributed by atoms with E-state index in [2.05, 4.69) is 12.1 Å². The number of epoxide rings is 1. The molecule has 0 spiro atoms. The lowest BCUT2D eigenvalue weighted by molar-refractivity contribution is -0.144. The van der Waals surface area contributed by atoms with Gasteiger partial charge in [0.2, 0.25) is 0 Å². The molecule has 0 saturated carbocycles. The number of hydrogen-bond donors (Lipinski definition) is 0. The van der Waals surface area contributed by atoms with Gasteiger partial charge in [-0.15, -0.1) is 0 Å². The van der Waals surface area contributed by atoms with Crippen molar-refractivity contribution in [3.05, 3.63) is 71.8 Å². The van der Waals surface area contributed by atoms with Crippen LogP contribution < -0.4 is 0 Å². The van der Waals surface area contributed by atoms with Crippen LogP contribution in [0.2, 0.25) is 0 Å². The highest BCUT2D eigenvalue weighted by atomic mass is 16.7. The predicted octanol–water partition coefficient (Wildman–Crippen LogP) is 3.09. The lowest BCUT2D eigenvalue weighted by Gasteiger charge is -2.13. The Hall–Kier alpha value is -2.13. The Balaban J connectivity index is 1.89. The molecule has 0 aliphatic carbocycles. The van der Waals surface area contributed by atoms with Crippen LogP contribution in [0.5, 0.6) is 0 Å². The fraction of sp³-hybridized carbons (Fsp3) is 0.278. The molecule has 0 N–H and O–H groups in total. The lowest BCUT2D eigenvalue weighted by atomic mass is 9.88. The molecule has 3 nitrogen and oxygen atoms in total. The molecule has 2 atom stereocenters. The van der Waals surface area contributed by atoms with Crippen molar-refractivity contribution in [2.75, 3.05) is 6.61 Å². The Labute approximate surface area is 124 Å². The molecule has 3 rings (SSSR count). The molecule has 2 aromatic carbocycles. The van der Waals surface area contributed by atoms with Gasteiger partial charge in [0.05, 0.1) is 6.61 Å². The number of hydrogen-bond acceptors (Lipinski definition) is 3. The third kappa shape index (κ3) is 2.69. The topological polar surface area (TPSA) is 38.8 Å². The quantitative estimate of drug-likeness (QED) is 0.625. The van der Waals surface area contributed by atoms with Gasteiger partial charge in [0.25, 0.3) is 0 Å². The highest BCUT2D eigenvalue weighted by Crippen LogP contribution is 2.49. The number of rotatable bonds is 5. The van der Waals surface area contributed by atoms with Gasteiger partial charge in [-0.2, -0.15) is 0 Å². The van der Waals surface area contributed by atoms with Crippen molar-refractivity contribution < 1.29 is 14.3 Å². The Morgan fingerprint density at radius 1 is 1.10 bits per heavy atom. The van der Waals surface area contributed by atoms with Crippen molar-refractivity contribution >= 4 is 5.97 Å². The molecule has 0 radical (unpaired) electrons. The molecule has 1 fully saturated rings. The fourth-order valence-corrected chi connectivity index (χ4v) is 2.71. The highest BCUT2D eigenvalue weighted by Gasteiger charge is 2.62. The maximum Gasteiger partial charge on any atom is 0.338 e. The smallest absolute Gasteiger partial charge is 0.338 e. The Morgan fingerprint density at radius 2 is 1.71 bits per heavy atom. The van der Waals surface area contributed by atoms with Crippen molar-refractivity contribution in [2.24, 2.45) is 0 Å². The summed E-state index contributed by atoms with van der Waals surface area (Å²) in [6.07, 6.45) is 0.154. The van der Waals surface area contributed by atoms with Crippen molar-refractivity contribution in [3.63, 3.8) is 0 Å². The summed E-state index contributed by atoms with van der Waals surface area (Å²) < 4.78 is 11.0. The van der Waals surface area contributed by atoms with Gasteiger partial charge in [-0.25, -0.2) is 4.79 Å². The summed E-state index contributed by atoms with van der Waals surface area (Å²) in [4.78, 5) is 12.0. The SMILES string of the molecule is CCOC(=O)C1OC1(Cc1ccccc1)c1ccccc1. The van der Waals surface area contributed by atoms with Gasteiger partial charge in [-0.1, -0.05) is 60.7 Å². The standard InChI is InChI=1S/C18H18O3/c1-2-20-17(19)16-18(21-16,15-11-7-4-8-12-15)13-14-9-5-3-6-10-14/h3-12,16H,2,13H2,1H3. The molecule has 0 aromatic heterocycles. The van der Waals surface area contributed by atoms with Crippen LogP contribution in [0.1, 0.15) is 18.1 Å². The number of ether oxygens (including phenoxy) is 2. The predicted molar refractivity (Wildman–Crippen MR) is 79.8 cm³/mol. The lowest BCUT2D eigenvalue weighted by Crippen LogP contribution is -2.23. The zero-order valence-electron chi connectivity index (χ0n) is 12.0. The van der Waals surface area contributed by atoms with Gasteiger partial charge in [0.1, 0.15) is 5.60 Å². The third-order valence-electron chi connectivity index (χ3n) is 3.77. The molecule has 2 unspecified atom stereocenters. The monoisotopic (exact) mass is 282 g/mol. The highest BCUT2D eigenvalue weighted by molar-refractivity contribution is 5.80. The van der Waals surface area contributed by atoms with Crippen LogP contribution in [0.4, 0.5) is 0 Å². The van der Waals surface area contributed by atoms with Crippen LogP contribution in [0.3, 0.4) is 0 Å².